The maximum atomic E-state index is 9.00. The summed E-state index contributed by atoms with van der Waals surface area (Å²) in [5.74, 6) is 0.725. The molecule has 0 aliphatic carbocycles. The van der Waals surface area contributed by atoms with Gasteiger partial charge >= 0.3 is 0 Å². The molecule has 0 saturated heterocycles. The van der Waals surface area contributed by atoms with Crippen LogP contribution in [0.4, 0.5) is 0 Å². The van der Waals surface area contributed by atoms with Crippen LogP contribution in [-0.2, 0) is 6.54 Å². The van der Waals surface area contributed by atoms with Crippen molar-refractivity contribution in [1.29, 1.82) is 0 Å². The molecule has 0 spiro atoms. The summed E-state index contributed by atoms with van der Waals surface area (Å²) in [4.78, 5) is 10.8. The van der Waals surface area contributed by atoms with Crippen LogP contribution in [0.2, 0.25) is 0 Å². The normalized spacial score (nSPS) is 11.5. The van der Waals surface area contributed by atoms with E-state index >= 15 is 0 Å². The van der Waals surface area contributed by atoms with E-state index in [1.807, 2.05) is 22.9 Å². The predicted octanol–water partition coefficient (Wildman–Crippen LogP) is 0.934. The van der Waals surface area contributed by atoms with Gasteiger partial charge in [-0.3, -0.25) is 9.30 Å². The molecule has 0 aliphatic rings. The molecule has 2 aromatic rings. The minimum absolute atomic E-state index is 0.186. The Bertz CT molecular complexity index is 429. The van der Waals surface area contributed by atoms with Crippen LogP contribution in [0.1, 0.15) is 19.0 Å². The van der Waals surface area contributed by atoms with Crippen molar-refractivity contribution in [2.45, 2.75) is 19.9 Å². The van der Waals surface area contributed by atoms with Crippen LogP contribution in [0.15, 0.2) is 24.7 Å². The molecule has 17 heavy (non-hydrogen) atoms. The zero-order valence-corrected chi connectivity index (χ0v) is 10.1. The third-order valence-electron chi connectivity index (χ3n) is 2.63. The Balaban J connectivity index is 2.10. The molecular formula is C12H18N4O. The topological polar surface area (TPSA) is 53.7 Å². The average Bonchev–Trinajstić information content (AvgIpc) is 2.71. The van der Waals surface area contributed by atoms with Crippen LogP contribution < -0.4 is 0 Å². The molecule has 0 radical (unpaired) electrons. The first kappa shape index (κ1) is 12.0. The number of nitrogens with zero attached hydrogens (tertiary/aromatic N) is 4. The lowest BCUT2D eigenvalue weighted by molar-refractivity contribution is 0.189. The van der Waals surface area contributed by atoms with Gasteiger partial charge in [0, 0.05) is 31.7 Å². The summed E-state index contributed by atoms with van der Waals surface area (Å²) in [6, 6.07) is 1.88. The minimum atomic E-state index is 0.186. The van der Waals surface area contributed by atoms with Crippen molar-refractivity contribution in [2.24, 2.45) is 0 Å². The maximum absolute atomic E-state index is 9.00. The van der Waals surface area contributed by atoms with Crippen molar-refractivity contribution in [3.8, 4) is 0 Å². The van der Waals surface area contributed by atoms with Crippen molar-refractivity contribution in [3.05, 3.63) is 30.4 Å². The Morgan fingerprint density at radius 3 is 3.00 bits per heavy atom. The van der Waals surface area contributed by atoms with E-state index in [0.717, 1.165) is 31.0 Å². The molecule has 5 nitrogen and oxygen atoms in total. The molecule has 0 bridgehead atoms. The molecule has 0 unspecified atom stereocenters. The second-order valence-corrected chi connectivity index (χ2v) is 4.06. The molecule has 2 rings (SSSR count). The standard InChI is InChI=1S/C12H18N4O/c1-2-5-15(7-8-17)9-11-10-16-6-3-4-13-12(16)14-11/h3-4,6,10,17H,2,5,7-9H2,1H3. The van der Waals surface area contributed by atoms with Gasteiger partial charge in [0.15, 0.2) is 0 Å². The van der Waals surface area contributed by atoms with E-state index in [0.29, 0.717) is 6.54 Å². The Labute approximate surface area is 101 Å². The summed E-state index contributed by atoms with van der Waals surface area (Å²) in [6.45, 7) is 4.75. The van der Waals surface area contributed by atoms with Gasteiger partial charge in [0.05, 0.1) is 12.3 Å². The Morgan fingerprint density at radius 2 is 2.29 bits per heavy atom. The number of aliphatic hydroxyl groups is 1. The summed E-state index contributed by atoms with van der Waals surface area (Å²) in [5, 5.41) is 9.00. The highest BCUT2D eigenvalue weighted by Crippen LogP contribution is 2.05. The fraction of sp³-hybridized carbons (Fsp3) is 0.500. The highest BCUT2D eigenvalue weighted by molar-refractivity contribution is 5.29. The largest absolute Gasteiger partial charge is 0.395 e. The van der Waals surface area contributed by atoms with Gasteiger partial charge in [0.2, 0.25) is 5.78 Å². The van der Waals surface area contributed by atoms with Crippen molar-refractivity contribution in [1.82, 2.24) is 19.3 Å². The zero-order valence-electron chi connectivity index (χ0n) is 10.1. The average molecular weight is 234 g/mol. The van der Waals surface area contributed by atoms with Crippen molar-refractivity contribution < 1.29 is 5.11 Å². The minimum Gasteiger partial charge on any atom is -0.395 e. The van der Waals surface area contributed by atoms with E-state index < -0.39 is 0 Å². The Hall–Kier alpha value is -1.46. The first-order valence-corrected chi connectivity index (χ1v) is 5.95. The van der Waals surface area contributed by atoms with Crippen LogP contribution >= 0.6 is 0 Å². The first-order chi connectivity index (χ1) is 8.33. The maximum Gasteiger partial charge on any atom is 0.233 e. The quantitative estimate of drug-likeness (QED) is 0.808. The zero-order chi connectivity index (χ0) is 12.1. The van der Waals surface area contributed by atoms with Gasteiger partial charge in [0.25, 0.3) is 0 Å². The van der Waals surface area contributed by atoms with Gasteiger partial charge in [-0.2, -0.15) is 0 Å². The molecule has 1 N–H and O–H groups in total. The van der Waals surface area contributed by atoms with E-state index in [4.69, 9.17) is 5.11 Å². The number of rotatable bonds is 6. The highest BCUT2D eigenvalue weighted by Gasteiger charge is 2.07. The fourth-order valence-electron chi connectivity index (χ4n) is 1.91. The van der Waals surface area contributed by atoms with E-state index in [-0.39, 0.29) is 6.61 Å². The van der Waals surface area contributed by atoms with Gasteiger partial charge < -0.3 is 5.11 Å². The van der Waals surface area contributed by atoms with Gasteiger partial charge in [0.1, 0.15) is 0 Å². The Morgan fingerprint density at radius 1 is 1.41 bits per heavy atom. The molecule has 92 valence electrons. The van der Waals surface area contributed by atoms with Crippen molar-refractivity contribution in [2.75, 3.05) is 19.7 Å². The van der Waals surface area contributed by atoms with Crippen LogP contribution in [-0.4, -0.2) is 44.1 Å². The molecule has 0 amide bonds. The monoisotopic (exact) mass is 234 g/mol. The SMILES string of the molecule is CCCN(CCO)Cc1cn2cccnc2n1. The fourth-order valence-corrected chi connectivity index (χ4v) is 1.91. The smallest absolute Gasteiger partial charge is 0.233 e. The third kappa shape index (κ3) is 3.01. The summed E-state index contributed by atoms with van der Waals surface area (Å²) < 4.78 is 1.92. The number of aromatic nitrogens is 3. The summed E-state index contributed by atoms with van der Waals surface area (Å²) in [5.41, 5.74) is 0.991. The molecule has 5 heteroatoms. The number of imidazole rings is 1. The molecule has 2 heterocycles. The van der Waals surface area contributed by atoms with E-state index in [9.17, 15) is 0 Å². The number of fused-ring (bicyclic) bond motifs is 1. The molecule has 0 aromatic carbocycles. The third-order valence-corrected chi connectivity index (χ3v) is 2.63. The molecule has 2 aromatic heterocycles. The predicted molar refractivity (Wildman–Crippen MR) is 65.6 cm³/mol. The van der Waals surface area contributed by atoms with Crippen molar-refractivity contribution >= 4 is 5.78 Å². The van der Waals surface area contributed by atoms with Gasteiger partial charge in [-0.1, -0.05) is 6.92 Å². The van der Waals surface area contributed by atoms with Crippen LogP contribution in [0.3, 0.4) is 0 Å². The summed E-state index contributed by atoms with van der Waals surface area (Å²) >= 11 is 0. The summed E-state index contributed by atoms with van der Waals surface area (Å²) in [6.07, 6.45) is 6.74. The first-order valence-electron chi connectivity index (χ1n) is 5.95. The number of hydrogen-bond acceptors (Lipinski definition) is 4. The lowest BCUT2D eigenvalue weighted by Crippen LogP contribution is -2.27. The number of hydrogen-bond donors (Lipinski definition) is 1. The molecular weight excluding hydrogens is 216 g/mol. The lowest BCUT2D eigenvalue weighted by Gasteiger charge is -2.18. The van der Waals surface area contributed by atoms with Crippen molar-refractivity contribution in [3.63, 3.8) is 0 Å². The highest BCUT2D eigenvalue weighted by atomic mass is 16.3. The Kier molecular flexibility index (Phi) is 4.06. The van der Waals surface area contributed by atoms with E-state index in [1.54, 1.807) is 6.20 Å². The van der Waals surface area contributed by atoms with Gasteiger partial charge in [-0.05, 0) is 19.0 Å². The van der Waals surface area contributed by atoms with Gasteiger partial charge in [-0.15, -0.1) is 0 Å². The summed E-state index contributed by atoms with van der Waals surface area (Å²) in [7, 11) is 0. The lowest BCUT2D eigenvalue weighted by atomic mass is 10.3. The molecule has 0 aliphatic heterocycles. The van der Waals surface area contributed by atoms with Gasteiger partial charge in [-0.25, -0.2) is 9.97 Å². The second-order valence-electron chi connectivity index (χ2n) is 4.06. The molecule has 0 saturated carbocycles. The van der Waals surface area contributed by atoms with Crippen LogP contribution in [0, 0.1) is 0 Å². The van der Waals surface area contributed by atoms with E-state index in [2.05, 4.69) is 21.8 Å². The van der Waals surface area contributed by atoms with Crippen LogP contribution in [0.5, 0.6) is 0 Å². The molecule has 0 atom stereocenters. The van der Waals surface area contributed by atoms with Crippen LogP contribution in [0.25, 0.3) is 5.78 Å². The second kappa shape index (κ2) is 5.75. The van der Waals surface area contributed by atoms with E-state index in [1.165, 1.54) is 0 Å². The number of aliphatic hydroxyl groups excluding tert-OH is 1. The molecule has 0 fully saturated rings.